The van der Waals surface area contributed by atoms with E-state index in [1.807, 2.05) is 30.3 Å². The third-order valence-corrected chi connectivity index (χ3v) is 5.00. The van der Waals surface area contributed by atoms with Crippen LogP contribution in [-0.2, 0) is 5.41 Å². The number of hydrogen-bond acceptors (Lipinski definition) is 3. The molecule has 1 atom stereocenters. The maximum Gasteiger partial charge on any atom is 0.272 e. The van der Waals surface area contributed by atoms with Crippen LogP contribution in [0.4, 0.5) is 0 Å². The molecule has 0 spiro atoms. The lowest BCUT2D eigenvalue weighted by molar-refractivity contribution is 0.0632. The first-order chi connectivity index (χ1) is 12.4. The van der Waals surface area contributed by atoms with Crippen molar-refractivity contribution in [3.05, 3.63) is 65.5 Å². The Bertz CT molecular complexity index is 776. The summed E-state index contributed by atoms with van der Waals surface area (Å²) in [6.45, 7) is 7.63. The Kier molecular flexibility index (Phi) is 5.21. The minimum Gasteiger partial charge on any atom is -0.337 e. The first-order valence-corrected chi connectivity index (χ1v) is 9.21. The van der Waals surface area contributed by atoms with Crippen LogP contribution < -0.4 is 0 Å². The summed E-state index contributed by atoms with van der Waals surface area (Å²) in [5.74, 6) is -0.105. The van der Waals surface area contributed by atoms with Gasteiger partial charge in [0, 0.05) is 30.8 Å². The Hall–Kier alpha value is -2.49. The summed E-state index contributed by atoms with van der Waals surface area (Å²) in [4.78, 5) is 31.4. The van der Waals surface area contributed by atoms with E-state index < -0.39 is 0 Å². The van der Waals surface area contributed by atoms with E-state index in [1.54, 1.807) is 23.2 Å². The molecule has 0 unspecified atom stereocenters. The van der Waals surface area contributed by atoms with Crippen molar-refractivity contribution in [3.8, 4) is 0 Å². The predicted octanol–water partition coefficient (Wildman–Crippen LogP) is 4.11. The first-order valence-electron chi connectivity index (χ1n) is 9.21. The summed E-state index contributed by atoms with van der Waals surface area (Å²) in [6, 6.07) is 13.2. The molecule has 26 heavy (non-hydrogen) atoms. The topological polar surface area (TPSA) is 50.3 Å². The monoisotopic (exact) mass is 350 g/mol. The van der Waals surface area contributed by atoms with Crippen molar-refractivity contribution in [2.75, 3.05) is 13.1 Å². The molecule has 1 fully saturated rings. The maximum atomic E-state index is 12.9. The second kappa shape index (κ2) is 7.40. The molecule has 0 radical (unpaired) electrons. The summed E-state index contributed by atoms with van der Waals surface area (Å²) in [6.07, 6.45) is 3.29. The minimum absolute atomic E-state index is 0.0678. The number of benzene rings is 1. The van der Waals surface area contributed by atoms with Crippen molar-refractivity contribution in [2.24, 2.45) is 5.92 Å². The average molecular weight is 350 g/mol. The Morgan fingerprint density at radius 1 is 1.08 bits per heavy atom. The fourth-order valence-corrected chi connectivity index (χ4v) is 3.40. The van der Waals surface area contributed by atoms with Gasteiger partial charge in [0.2, 0.25) is 0 Å². The van der Waals surface area contributed by atoms with Gasteiger partial charge >= 0.3 is 0 Å². The second-order valence-corrected chi connectivity index (χ2v) is 8.00. The number of rotatable bonds is 3. The molecular weight excluding hydrogens is 324 g/mol. The van der Waals surface area contributed by atoms with Gasteiger partial charge in [0.05, 0.1) is 0 Å². The number of amides is 1. The molecule has 4 nitrogen and oxygen atoms in total. The van der Waals surface area contributed by atoms with Crippen molar-refractivity contribution < 1.29 is 9.59 Å². The molecule has 136 valence electrons. The van der Waals surface area contributed by atoms with Crippen LogP contribution in [-0.4, -0.2) is 34.7 Å². The van der Waals surface area contributed by atoms with E-state index in [0.29, 0.717) is 18.8 Å². The zero-order valence-electron chi connectivity index (χ0n) is 15.7. The number of carbonyl (C=O) groups excluding carboxylic acids is 2. The second-order valence-electron chi connectivity index (χ2n) is 8.00. The van der Waals surface area contributed by atoms with Gasteiger partial charge in [-0.2, -0.15) is 0 Å². The summed E-state index contributed by atoms with van der Waals surface area (Å²) in [5.41, 5.74) is 2.45. The normalized spacial score (nSPS) is 17.8. The minimum atomic E-state index is -0.142. The summed E-state index contributed by atoms with van der Waals surface area (Å²) >= 11 is 0. The molecule has 0 aliphatic carbocycles. The van der Waals surface area contributed by atoms with Gasteiger partial charge in [-0.05, 0) is 36.0 Å². The Balaban J connectivity index is 1.71. The number of ketones is 1. The largest absolute Gasteiger partial charge is 0.337 e. The summed E-state index contributed by atoms with van der Waals surface area (Å²) in [7, 11) is 0. The lowest BCUT2D eigenvalue weighted by atomic mass is 9.85. The highest BCUT2D eigenvalue weighted by molar-refractivity contribution is 5.99. The standard InChI is InChI=1S/C22H26N2O2/c1-22(2,3)18-11-9-16(10-12-18)20(25)17-7-6-14-24(15-17)21(26)19-8-4-5-13-23-19/h4-5,8-13,17H,6-7,14-15H2,1-3H3/t17-/m1/s1. The molecule has 0 bridgehead atoms. The molecule has 1 saturated heterocycles. The van der Waals surface area contributed by atoms with Gasteiger partial charge in [-0.25, -0.2) is 0 Å². The zero-order chi connectivity index (χ0) is 18.7. The van der Waals surface area contributed by atoms with Crippen molar-refractivity contribution in [1.82, 2.24) is 9.88 Å². The molecule has 1 aromatic carbocycles. The Morgan fingerprint density at radius 3 is 2.42 bits per heavy atom. The maximum absolute atomic E-state index is 12.9. The van der Waals surface area contributed by atoms with E-state index in [-0.39, 0.29) is 23.0 Å². The van der Waals surface area contributed by atoms with Gasteiger partial charge in [-0.15, -0.1) is 0 Å². The van der Waals surface area contributed by atoms with E-state index in [2.05, 4.69) is 25.8 Å². The van der Waals surface area contributed by atoms with Gasteiger partial charge in [0.15, 0.2) is 5.78 Å². The molecule has 1 aliphatic heterocycles. The number of pyridine rings is 1. The highest BCUT2D eigenvalue weighted by Gasteiger charge is 2.30. The molecule has 1 aromatic heterocycles. The lowest BCUT2D eigenvalue weighted by Crippen LogP contribution is -2.42. The van der Waals surface area contributed by atoms with Crippen molar-refractivity contribution in [1.29, 1.82) is 0 Å². The van der Waals surface area contributed by atoms with Gasteiger partial charge in [0.1, 0.15) is 5.69 Å². The summed E-state index contributed by atoms with van der Waals surface area (Å²) in [5, 5.41) is 0. The number of aromatic nitrogens is 1. The van der Waals surface area contributed by atoms with Crippen molar-refractivity contribution in [3.63, 3.8) is 0 Å². The molecule has 3 rings (SSSR count). The van der Waals surface area contributed by atoms with Crippen LogP contribution in [0.15, 0.2) is 48.7 Å². The van der Waals surface area contributed by atoms with Gasteiger partial charge in [-0.3, -0.25) is 14.6 Å². The van der Waals surface area contributed by atoms with E-state index in [0.717, 1.165) is 18.4 Å². The third-order valence-electron chi connectivity index (χ3n) is 5.00. The Labute approximate surface area is 155 Å². The van der Waals surface area contributed by atoms with Crippen molar-refractivity contribution >= 4 is 11.7 Å². The molecule has 0 N–H and O–H groups in total. The quantitative estimate of drug-likeness (QED) is 0.783. The number of likely N-dealkylation sites (tertiary alicyclic amines) is 1. The molecule has 2 aromatic rings. The Morgan fingerprint density at radius 2 is 1.81 bits per heavy atom. The van der Waals surface area contributed by atoms with Gasteiger partial charge in [-0.1, -0.05) is 51.1 Å². The predicted molar refractivity (Wildman–Crippen MR) is 102 cm³/mol. The molecule has 1 amide bonds. The molecule has 0 saturated carbocycles. The lowest BCUT2D eigenvalue weighted by Gasteiger charge is -2.32. The summed E-state index contributed by atoms with van der Waals surface area (Å²) < 4.78 is 0. The smallest absolute Gasteiger partial charge is 0.272 e. The van der Waals surface area contributed by atoms with E-state index in [9.17, 15) is 9.59 Å². The average Bonchev–Trinajstić information content (AvgIpc) is 2.67. The van der Waals surface area contributed by atoms with Crippen LogP contribution in [0.3, 0.4) is 0 Å². The third kappa shape index (κ3) is 4.01. The van der Waals surface area contributed by atoms with Crippen LogP contribution in [0.2, 0.25) is 0 Å². The first kappa shape index (κ1) is 18.3. The fourth-order valence-electron chi connectivity index (χ4n) is 3.40. The van der Waals surface area contributed by atoms with Crippen LogP contribution in [0, 0.1) is 5.92 Å². The van der Waals surface area contributed by atoms with Crippen LogP contribution >= 0.6 is 0 Å². The molecular formula is C22H26N2O2. The van der Waals surface area contributed by atoms with Gasteiger partial charge < -0.3 is 4.90 Å². The number of carbonyl (C=O) groups is 2. The number of Topliss-reactive ketones (excluding diaryl/α,β-unsaturated/α-hetero) is 1. The number of nitrogens with zero attached hydrogens (tertiary/aromatic N) is 2. The number of piperidine rings is 1. The van der Waals surface area contributed by atoms with Crippen LogP contribution in [0.5, 0.6) is 0 Å². The zero-order valence-corrected chi connectivity index (χ0v) is 15.7. The highest BCUT2D eigenvalue weighted by Crippen LogP contribution is 2.25. The van der Waals surface area contributed by atoms with Crippen LogP contribution in [0.25, 0.3) is 0 Å². The molecule has 1 aliphatic rings. The SMILES string of the molecule is CC(C)(C)c1ccc(C(=O)[C@@H]2CCCN(C(=O)c3ccccn3)C2)cc1. The molecule has 4 heteroatoms. The van der Waals surface area contributed by atoms with Crippen molar-refractivity contribution in [2.45, 2.75) is 39.0 Å². The van der Waals surface area contributed by atoms with E-state index in [4.69, 9.17) is 0 Å². The van der Waals surface area contributed by atoms with Crippen LogP contribution in [0.1, 0.15) is 60.0 Å². The molecule has 2 heterocycles. The van der Waals surface area contributed by atoms with Gasteiger partial charge in [0.25, 0.3) is 5.91 Å². The highest BCUT2D eigenvalue weighted by atomic mass is 16.2. The van der Waals surface area contributed by atoms with E-state index in [1.165, 1.54) is 5.56 Å². The number of hydrogen-bond donors (Lipinski definition) is 0. The fraction of sp³-hybridized carbons (Fsp3) is 0.409. The van der Waals surface area contributed by atoms with E-state index >= 15 is 0 Å².